The first-order valence-corrected chi connectivity index (χ1v) is 6.24. The fourth-order valence-corrected chi connectivity index (χ4v) is 2.27. The summed E-state index contributed by atoms with van der Waals surface area (Å²) in [5, 5.41) is 14.3. The molecule has 2 amide bonds. The Morgan fingerprint density at radius 2 is 2.05 bits per heavy atom. The molecule has 19 heavy (non-hydrogen) atoms. The number of hydrogen-bond donors (Lipinski definition) is 1. The van der Waals surface area contributed by atoms with Gasteiger partial charge in [-0.25, -0.2) is 0 Å². The highest BCUT2D eigenvalue weighted by atomic mass is 16.2. The highest BCUT2D eigenvalue weighted by Gasteiger charge is 2.40. The van der Waals surface area contributed by atoms with Gasteiger partial charge in [0.2, 0.25) is 11.8 Å². The lowest BCUT2D eigenvalue weighted by Gasteiger charge is -2.39. The third-order valence-electron chi connectivity index (χ3n) is 3.11. The molecule has 1 fully saturated rings. The van der Waals surface area contributed by atoms with Crippen molar-refractivity contribution in [2.75, 3.05) is 0 Å². The van der Waals surface area contributed by atoms with Gasteiger partial charge in [0.1, 0.15) is 12.1 Å². The molecule has 1 aliphatic heterocycles. The SMILES string of the molecule is CC1NC(=O)C(C(C)C)N(Cc2nnn(C)n2)C1=O. The van der Waals surface area contributed by atoms with E-state index in [-0.39, 0.29) is 24.3 Å². The van der Waals surface area contributed by atoms with Crippen molar-refractivity contribution >= 4 is 11.8 Å². The largest absolute Gasteiger partial charge is 0.343 e. The third-order valence-corrected chi connectivity index (χ3v) is 3.11. The van der Waals surface area contributed by atoms with Crippen molar-refractivity contribution in [1.82, 2.24) is 30.4 Å². The van der Waals surface area contributed by atoms with Crippen molar-refractivity contribution in [3.05, 3.63) is 5.82 Å². The smallest absolute Gasteiger partial charge is 0.245 e. The molecule has 0 saturated carbocycles. The molecule has 1 aliphatic rings. The van der Waals surface area contributed by atoms with E-state index in [0.29, 0.717) is 5.82 Å². The average Bonchev–Trinajstić information content (AvgIpc) is 2.71. The average molecular weight is 266 g/mol. The molecule has 8 nitrogen and oxygen atoms in total. The van der Waals surface area contributed by atoms with E-state index in [1.807, 2.05) is 13.8 Å². The van der Waals surface area contributed by atoms with E-state index in [4.69, 9.17) is 0 Å². The van der Waals surface area contributed by atoms with E-state index in [2.05, 4.69) is 20.7 Å². The molecule has 0 radical (unpaired) electrons. The van der Waals surface area contributed by atoms with E-state index < -0.39 is 12.1 Å². The first-order chi connectivity index (χ1) is 8.90. The summed E-state index contributed by atoms with van der Waals surface area (Å²) in [6.07, 6.45) is 0. The summed E-state index contributed by atoms with van der Waals surface area (Å²) in [4.78, 5) is 27.1. The van der Waals surface area contributed by atoms with Crippen LogP contribution in [0, 0.1) is 5.92 Å². The standard InChI is InChI=1S/C11H18N6O2/c1-6(2)9-10(18)12-7(3)11(19)17(9)5-8-13-15-16(4)14-8/h6-7,9H,5H2,1-4H3,(H,12,18). The van der Waals surface area contributed by atoms with Gasteiger partial charge in [-0.15, -0.1) is 10.2 Å². The van der Waals surface area contributed by atoms with Crippen molar-refractivity contribution in [1.29, 1.82) is 0 Å². The minimum atomic E-state index is -0.515. The van der Waals surface area contributed by atoms with Gasteiger partial charge in [0.15, 0.2) is 5.82 Å². The summed E-state index contributed by atoms with van der Waals surface area (Å²) >= 11 is 0. The van der Waals surface area contributed by atoms with Gasteiger partial charge < -0.3 is 10.2 Å². The van der Waals surface area contributed by atoms with Gasteiger partial charge in [0, 0.05) is 0 Å². The minimum absolute atomic E-state index is 0.0214. The Balaban J connectivity index is 2.25. The number of rotatable bonds is 3. The lowest BCUT2D eigenvalue weighted by atomic mass is 9.97. The summed E-state index contributed by atoms with van der Waals surface area (Å²) < 4.78 is 0. The number of amides is 2. The van der Waals surface area contributed by atoms with E-state index in [1.54, 1.807) is 14.0 Å². The first-order valence-electron chi connectivity index (χ1n) is 6.24. The van der Waals surface area contributed by atoms with Crippen LogP contribution in [-0.2, 0) is 23.2 Å². The fourth-order valence-electron chi connectivity index (χ4n) is 2.27. The predicted octanol–water partition coefficient (Wildman–Crippen LogP) is -0.918. The number of piperazine rings is 1. The Hall–Kier alpha value is -1.99. The molecule has 1 aromatic heterocycles. The van der Waals surface area contributed by atoms with Crippen LogP contribution in [0.3, 0.4) is 0 Å². The molecule has 2 rings (SSSR count). The Kier molecular flexibility index (Phi) is 3.50. The van der Waals surface area contributed by atoms with E-state index in [0.717, 1.165) is 0 Å². The zero-order valence-electron chi connectivity index (χ0n) is 11.5. The molecule has 104 valence electrons. The molecule has 1 N–H and O–H groups in total. The molecule has 2 atom stereocenters. The molecular formula is C11H18N6O2. The first kappa shape index (κ1) is 13.4. The van der Waals surface area contributed by atoms with Crippen LogP contribution < -0.4 is 5.32 Å². The van der Waals surface area contributed by atoms with Crippen molar-refractivity contribution in [2.24, 2.45) is 13.0 Å². The Labute approximate surface area is 111 Å². The van der Waals surface area contributed by atoms with E-state index in [1.165, 1.54) is 9.70 Å². The molecule has 2 heterocycles. The fraction of sp³-hybridized carbons (Fsp3) is 0.727. The zero-order valence-corrected chi connectivity index (χ0v) is 11.5. The van der Waals surface area contributed by atoms with Crippen LogP contribution >= 0.6 is 0 Å². The maximum absolute atomic E-state index is 12.2. The van der Waals surface area contributed by atoms with Gasteiger partial charge in [0.25, 0.3) is 0 Å². The van der Waals surface area contributed by atoms with E-state index in [9.17, 15) is 9.59 Å². The third kappa shape index (κ3) is 2.56. The lowest BCUT2D eigenvalue weighted by Crippen LogP contribution is -2.63. The van der Waals surface area contributed by atoms with Crippen molar-refractivity contribution < 1.29 is 9.59 Å². The Morgan fingerprint density at radius 3 is 2.58 bits per heavy atom. The van der Waals surface area contributed by atoms with Crippen LogP contribution in [0.1, 0.15) is 26.6 Å². The highest BCUT2D eigenvalue weighted by Crippen LogP contribution is 2.19. The van der Waals surface area contributed by atoms with Gasteiger partial charge in [0.05, 0.1) is 13.6 Å². The monoisotopic (exact) mass is 266 g/mol. The number of carbonyl (C=O) groups excluding carboxylic acids is 2. The summed E-state index contributed by atoms with van der Waals surface area (Å²) in [6, 6.07) is -1.01. The lowest BCUT2D eigenvalue weighted by molar-refractivity contribution is -0.151. The number of aryl methyl sites for hydroxylation is 1. The van der Waals surface area contributed by atoms with Crippen molar-refractivity contribution in [2.45, 2.75) is 39.4 Å². The second-order valence-corrected chi connectivity index (χ2v) is 5.08. The summed E-state index contributed by atoms with van der Waals surface area (Å²) in [5.74, 6) is 0.202. The second-order valence-electron chi connectivity index (χ2n) is 5.08. The van der Waals surface area contributed by atoms with Crippen LogP contribution in [0.2, 0.25) is 0 Å². The number of nitrogens with one attached hydrogen (secondary N) is 1. The molecule has 1 aromatic rings. The summed E-state index contributed by atoms with van der Waals surface area (Å²) in [7, 11) is 1.66. The van der Waals surface area contributed by atoms with Crippen molar-refractivity contribution in [3.8, 4) is 0 Å². The predicted molar refractivity (Wildman–Crippen MR) is 65.6 cm³/mol. The highest BCUT2D eigenvalue weighted by molar-refractivity contribution is 5.96. The quantitative estimate of drug-likeness (QED) is 0.764. The topological polar surface area (TPSA) is 93.0 Å². The number of hydrogen-bond acceptors (Lipinski definition) is 5. The molecule has 0 bridgehead atoms. The normalized spacial score (nSPS) is 23.9. The second kappa shape index (κ2) is 4.94. The molecule has 2 unspecified atom stereocenters. The maximum atomic E-state index is 12.2. The number of nitrogens with zero attached hydrogens (tertiary/aromatic N) is 5. The minimum Gasteiger partial charge on any atom is -0.343 e. The van der Waals surface area contributed by atoms with Crippen LogP contribution in [0.15, 0.2) is 0 Å². The molecule has 1 saturated heterocycles. The van der Waals surface area contributed by atoms with Crippen LogP contribution in [0.4, 0.5) is 0 Å². The molecule has 8 heteroatoms. The van der Waals surface area contributed by atoms with Gasteiger partial charge >= 0.3 is 0 Å². The summed E-state index contributed by atoms with van der Waals surface area (Å²) in [5.41, 5.74) is 0. The van der Waals surface area contributed by atoms with Crippen LogP contribution in [-0.4, -0.2) is 49.0 Å². The Bertz CT molecular complexity index is 497. The van der Waals surface area contributed by atoms with Gasteiger partial charge in [-0.2, -0.15) is 4.80 Å². The summed E-state index contributed by atoms with van der Waals surface area (Å²) in [6.45, 7) is 5.69. The zero-order chi connectivity index (χ0) is 14.2. The Morgan fingerprint density at radius 1 is 1.37 bits per heavy atom. The number of aromatic nitrogens is 4. The van der Waals surface area contributed by atoms with E-state index >= 15 is 0 Å². The molecular weight excluding hydrogens is 248 g/mol. The molecule has 0 aromatic carbocycles. The van der Waals surface area contributed by atoms with Crippen LogP contribution in [0.25, 0.3) is 0 Å². The maximum Gasteiger partial charge on any atom is 0.245 e. The van der Waals surface area contributed by atoms with Crippen LogP contribution in [0.5, 0.6) is 0 Å². The molecule has 0 spiro atoms. The number of carbonyl (C=O) groups is 2. The molecule has 0 aliphatic carbocycles. The van der Waals surface area contributed by atoms with Gasteiger partial charge in [-0.1, -0.05) is 13.8 Å². The number of tetrazole rings is 1. The van der Waals surface area contributed by atoms with Crippen molar-refractivity contribution in [3.63, 3.8) is 0 Å². The van der Waals surface area contributed by atoms with Gasteiger partial charge in [-0.3, -0.25) is 9.59 Å². The van der Waals surface area contributed by atoms with Gasteiger partial charge in [-0.05, 0) is 18.1 Å².